The lowest BCUT2D eigenvalue weighted by Crippen LogP contribution is -2.01. The van der Waals surface area contributed by atoms with E-state index < -0.39 is 7.82 Å². The Morgan fingerprint density at radius 3 is 2.64 bits per heavy atom. The molecule has 11 heavy (non-hydrogen) atoms. The van der Waals surface area contributed by atoms with Crippen molar-refractivity contribution >= 4 is 7.82 Å². The first-order valence-corrected chi connectivity index (χ1v) is 4.97. The zero-order valence-electron chi connectivity index (χ0n) is 6.52. The Labute approximate surface area is 66.1 Å². The van der Waals surface area contributed by atoms with E-state index in [9.17, 15) is 4.57 Å². The van der Waals surface area contributed by atoms with Gasteiger partial charge in [-0.25, -0.2) is 15.1 Å². The number of rotatable bonds is 6. The summed E-state index contributed by atoms with van der Waals surface area (Å²) in [6, 6.07) is 0. The highest BCUT2D eigenvalue weighted by Crippen LogP contribution is 2.40. The summed E-state index contributed by atoms with van der Waals surface area (Å²) in [7, 11) is -3.94. The number of unbranched alkanes of at least 4 members (excludes halogenated alkanes) is 2. The van der Waals surface area contributed by atoms with Crippen LogP contribution in [0.1, 0.15) is 26.2 Å². The molecule has 0 radical (unpaired) electrons. The topological polar surface area (TPSA) is 81.8 Å². The second-order valence-electron chi connectivity index (χ2n) is 2.11. The maximum absolute atomic E-state index is 10.5. The fourth-order valence-corrected chi connectivity index (χ4v) is 0.983. The average Bonchev–Trinajstić information content (AvgIpc) is 1.99. The molecule has 0 rings (SSSR count). The maximum atomic E-state index is 10.5. The summed E-state index contributed by atoms with van der Waals surface area (Å²) in [4.78, 5) is 8.61. The highest BCUT2D eigenvalue weighted by molar-refractivity contribution is 7.47. The van der Waals surface area contributed by atoms with E-state index in [0.29, 0.717) is 0 Å². The lowest BCUT2D eigenvalue weighted by molar-refractivity contribution is 0.149. The predicted octanol–water partition coefficient (Wildman–Crippen LogP) is 1.18. The van der Waals surface area contributed by atoms with Crippen LogP contribution in [0.5, 0.6) is 0 Å². The number of hydrogen-bond donors (Lipinski definition) is 2. The molecule has 6 heteroatoms. The Hall–Kier alpha value is 0.0700. The fourth-order valence-electron chi connectivity index (χ4n) is 0.562. The van der Waals surface area contributed by atoms with Gasteiger partial charge in [-0.1, -0.05) is 19.8 Å². The van der Waals surface area contributed by atoms with Gasteiger partial charge in [0.1, 0.15) is 0 Å². The SMILES string of the molecule is CCCCCOP(=O)(O)ON. The Morgan fingerprint density at radius 1 is 1.55 bits per heavy atom. The molecule has 1 atom stereocenters. The van der Waals surface area contributed by atoms with Crippen LogP contribution in [0.2, 0.25) is 0 Å². The van der Waals surface area contributed by atoms with Crippen molar-refractivity contribution in [2.45, 2.75) is 26.2 Å². The van der Waals surface area contributed by atoms with Gasteiger partial charge >= 0.3 is 7.82 Å². The molecule has 3 N–H and O–H groups in total. The minimum absolute atomic E-state index is 0.207. The van der Waals surface area contributed by atoms with Crippen LogP contribution in [0.25, 0.3) is 0 Å². The molecule has 0 fully saturated rings. The minimum Gasteiger partial charge on any atom is -0.302 e. The van der Waals surface area contributed by atoms with Gasteiger partial charge < -0.3 is 4.89 Å². The van der Waals surface area contributed by atoms with Crippen LogP contribution < -0.4 is 5.90 Å². The quantitative estimate of drug-likeness (QED) is 0.367. The van der Waals surface area contributed by atoms with Crippen molar-refractivity contribution in [1.82, 2.24) is 0 Å². The average molecular weight is 183 g/mol. The van der Waals surface area contributed by atoms with Crippen LogP contribution in [0, 0.1) is 0 Å². The molecule has 0 aliphatic rings. The van der Waals surface area contributed by atoms with Crippen molar-refractivity contribution in [1.29, 1.82) is 0 Å². The van der Waals surface area contributed by atoms with Crippen LogP contribution in [0.3, 0.4) is 0 Å². The third kappa shape index (κ3) is 6.47. The van der Waals surface area contributed by atoms with Gasteiger partial charge in [-0.15, -0.1) is 0 Å². The number of phosphoric acid groups is 1. The van der Waals surface area contributed by atoms with Gasteiger partial charge in [0.05, 0.1) is 6.61 Å². The smallest absolute Gasteiger partial charge is 0.302 e. The molecule has 0 aromatic heterocycles. The second kappa shape index (κ2) is 5.69. The molecule has 68 valence electrons. The van der Waals surface area contributed by atoms with Crippen LogP contribution in [0.15, 0.2) is 0 Å². The zero-order chi connectivity index (χ0) is 8.74. The molecule has 0 saturated heterocycles. The van der Waals surface area contributed by atoms with Gasteiger partial charge in [0, 0.05) is 0 Å². The second-order valence-corrected chi connectivity index (χ2v) is 3.52. The lowest BCUT2D eigenvalue weighted by Gasteiger charge is -2.06. The Kier molecular flexibility index (Phi) is 5.72. The van der Waals surface area contributed by atoms with Gasteiger partial charge in [-0.3, -0.25) is 4.52 Å². The monoisotopic (exact) mass is 183 g/mol. The largest absolute Gasteiger partial charge is 0.488 e. The third-order valence-corrected chi connectivity index (χ3v) is 1.91. The van der Waals surface area contributed by atoms with E-state index in [-0.39, 0.29) is 6.61 Å². The van der Waals surface area contributed by atoms with Crippen LogP contribution in [-0.4, -0.2) is 11.5 Å². The zero-order valence-corrected chi connectivity index (χ0v) is 7.42. The summed E-state index contributed by atoms with van der Waals surface area (Å²) >= 11 is 0. The van der Waals surface area contributed by atoms with E-state index in [4.69, 9.17) is 4.89 Å². The molecule has 0 spiro atoms. The molecule has 0 bridgehead atoms. The first kappa shape index (κ1) is 11.1. The Morgan fingerprint density at radius 2 is 2.18 bits per heavy atom. The number of hydrogen-bond acceptors (Lipinski definition) is 4. The van der Waals surface area contributed by atoms with E-state index >= 15 is 0 Å². The molecule has 1 unspecified atom stereocenters. The van der Waals surface area contributed by atoms with Crippen molar-refractivity contribution in [3.05, 3.63) is 0 Å². The summed E-state index contributed by atoms with van der Waals surface area (Å²) < 4.78 is 18.7. The highest BCUT2D eigenvalue weighted by atomic mass is 31.2. The van der Waals surface area contributed by atoms with E-state index in [1.165, 1.54) is 0 Å². The van der Waals surface area contributed by atoms with Crippen LogP contribution in [-0.2, 0) is 13.7 Å². The summed E-state index contributed by atoms with van der Waals surface area (Å²) in [5.74, 6) is 4.48. The summed E-state index contributed by atoms with van der Waals surface area (Å²) in [5.41, 5.74) is 0. The normalized spacial score (nSPS) is 16.3. The van der Waals surface area contributed by atoms with E-state index in [2.05, 4.69) is 15.0 Å². The standard InChI is InChI=1S/C5H14NO4P/c1-2-3-4-5-9-11(7,8)10-6/h2-6H2,1H3,(H,7,8). The van der Waals surface area contributed by atoms with Crippen molar-refractivity contribution < 1.29 is 18.6 Å². The lowest BCUT2D eigenvalue weighted by atomic mass is 10.3. The highest BCUT2D eigenvalue weighted by Gasteiger charge is 2.18. The summed E-state index contributed by atoms with van der Waals surface area (Å²) in [6.45, 7) is 2.23. The van der Waals surface area contributed by atoms with Crippen molar-refractivity contribution in [2.75, 3.05) is 6.61 Å². The van der Waals surface area contributed by atoms with Crippen molar-refractivity contribution in [2.24, 2.45) is 5.90 Å². The molecular formula is C5H14NO4P. The molecule has 0 aliphatic heterocycles. The fraction of sp³-hybridized carbons (Fsp3) is 1.00. The molecular weight excluding hydrogens is 169 g/mol. The summed E-state index contributed by atoms with van der Waals surface area (Å²) in [5, 5.41) is 0. The summed E-state index contributed by atoms with van der Waals surface area (Å²) in [6.07, 6.45) is 2.73. The first-order valence-electron chi connectivity index (χ1n) is 3.48. The molecule has 0 saturated carbocycles. The van der Waals surface area contributed by atoms with E-state index in [1.807, 2.05) is 6.92 Å². The first-order chi connectivity index (χ1) is 5.12. The molecule has 5 nitrogen and oxygen atoms in total. The predicted molar refractivity (Wildman–Crippen MR) is 40.6 cm³/mol. The van der Waals surface area contributed by atoms with Crippen LogP contribution in [0.4, 0.5) is 0 Å². The van der Waals surface area contributed by atoms with Gasteiger partial charge in [-0.2, -0.15) is 0 Å². The maximum Gasteiger partial charge on any atom is 0.488 e. The molecule has 0 amide bonds. The van der Waals surface area contributed by atoms with Gasteiger partial charge in [0.25, 0.3) is 0 Å². The Bertz CT molecular complexity index is 140. The Balaban J connectivity index is 3.31. The van der Waals surface area contributed by atoms with Crippen molar-refractivity contribution in [3.8, 4) is 0 Å². The number of phosphoric ester groups is 1. The minimum atomic E-state index is -3.94. The number of nitrogens with two attached hydrogens (primary N) is 1. The van der Waals surface area contributed by atoms with E-state index in [0.717, 1.165) is 19.3 Å². The van der Waals surface area contributed by atoms with Gasteiger partial charge in [0.2, 0.25) is 0 Å². The van der Waals surface area contributed by atoms with E-state index in [1.54, 1.807) is 0 Å². The molecule has 0 heterocycles. The molecule has 0 aromatic rings. The van der Waals surface area contributed by atoms with Gasteiger partial charge in [-0.05, 0) is 6.42 Å². The van der Waals surface area contributed by atoms with Gasteiger partial charge in [0.15, 0.2) is 0 Å². The molecule has 0 aromatic carbocycles. The third-order valence-electron chi connectivity index (χ3n) is 1.14. The van der Waals surface area contributed by atoms with Crippen molar-refractivity contribution in [3.63, 3.8) is 0 Å². The molecule has 0 aliphatic carbocycles. The van der Waals surface area contributed by atoms with Crippen LogP contribution >= 0.6 is 7.82 Å².